The van der Waals surface area contributed by atoms with Crippen LogP contribution in [-0.4, -0.2) is 58.0 Å². The zero-order valence-electron chi connectivity index (χ0n) is 18.5. The lowest BCUT2D eigenvalue weighted by Gasteiger charge is -2.31. The van der Waals surface area contributed by atoms with Gasteiger partial charge in [0.25, 0.3) is 5.91 Å². The molecule has 2 aromatic rings. The molecule has 1 heterocycles. The van der Waals surface area contributed by atoms with Crippen molar-refractivity contribution in [3.05, 3.63) is 42.5 Å². The van der Waals surface area contributed by atoms with Crippen molar-refractivity contribution < 1.29 is 22.7 Å². The van der Waals surface area contributed by atoms with Crippen LogP contribution in [0, 0.1) is 0 Å². The fourth-order valence-electron chi connectivity index (χ4n) is 3.49. The van der Waals surface area contributed by atoms with Crippen molar-refractivity contribution in [3.63, 3.8) is 0 Å². The summed E-state index contributed by atoms with van der Waals surface area (Å²) in [5, 5.41) is 2.84. The molecular formula is C22H29N3O5S. The van der Waals surface area contributed by atoms with Crippen LogP contribution in [-0.2, 0) is 14.8 Å². The Hall–Kier alpha value is -2.78. The first-order valence-electron chi connectivity index (χ1n) is 10.2. The Morgan fingerprint density at radius 1 is 1.03 bits per heavy atom. The molecule has 3 rings (SSSR count). The smallest absolute Gasteiger partial charge is 0.269 e. The molecule has 1 amide bonds. The van der Waals surface area contributed by atoms with Gasteiger partial charge < -0.3 is 19.7 Å². The number of carbonyl (C=O) groups is 1. The maximum absolute atomic E-state index is 13.1. The lowest BCUT2D eigenvalue weighted by Crippen LogP contribution is -2.46. The third kappa shape index (κ3) is 4.62. The van der Waals surface area contributed by atoms with Gasteiger partial charge in [-0.1, -0.05) is 26.0 Å². The number of anilines is 2. The first-order chi connectivity index (χ1) is 14.7. The van der Waals surface area contributed by atoms with Crippen molar-refractivity contribution in [2.45, 2.75) is 37.9 Å². The van der Waals surface area contributed by atoms with Crippen LogP contribution in [0.25, 0.3) is 0 Å². The van der Waals surface area contributed by atoms with Gasteiger partial charge in [0.1, 0.15) is 6.10 Å². The maximum atomic E-state index is 13.1. The van der Waals surface area contributed by atoms with E-state index in [1.54, 1.807) is 56.0 Å². The Morgan fingerprint density at radius 2 is 1.65 bits per heavy atom. The summed E-state index contributed by atoms with van der Waals surface area (Å²) < 4.78 is 39.0. The Labute approximate surface area is 183 Å². The van der Waals surface area contributed by atoms with Crippen molar-refractivity contribution in [2.75, 3.05) is 37.4 Å². The molecule has 168 valence electrons. The van der Waals surface area contributed by atoms with Crippen molar-refractivity contribution in [3.8, 4) is 11.5 Å². The number of fused-ring (bicyclic) bond motifs is 1. The molecule has 9 heteroatoms. The van der Waals surface area contributed by atoms with Gasteiger partial charge in [0, 0.05) is 27.2 Å². The third-order valence-corrected chi connectivity index (χ3v) is 7.20. The molecule has 0 aliphatic carbocycles. The zero-order valence-corrected chi connectivity index (χ0v) is 19.3. The topological polar surface area (TPSA) is 88.2 Å². The van der Waals surface area contributed by atoms with E-state index < -0.39 is 28.1 Å². The van der Waals surface area contributed by atoms with E-state index in [0.29, 0.717) is 36.0 Å². The molecule has 2 atom stereocenters. The first kappa shape index (κ1) is 22.9. The molecule has 31 heavy (non-hydrogen) atoms. The molecule has 0 fully saturated rings. The third-order valence-electron chi connectivity index (χ3n) is 5.15. The summed E-state index contributed by atoms with van der Waals surface area (Å²) >= 11 is 0. The van der Waals surface area contributed by atoms with E-state index in [1.165, 1.54) is 10.4 Å². The maximum Gasteiger partial charge on any atom is 0.269 e. The van der Waals surface area contributed by atoms with Crippen LogP contribution >= 0.6 is 0 Å². The van der Waals surface area contributed by atoms with Gasteiger partial charge in [0.15, 0.2) is 11.5 Å². The minimum absolute atomic E-state index is 0.122. The number of nitrogens with zero attached hydrogens (tertiary/aromatic N) is 2. The average molecular weight is 448 g/mol. The summed E-state index contributed by atoms with van der Waals surface area (Å²) in [7, 11) is -0.0259. The van der Waals surface area contributed by atoms with Crippen LogP contribution in [0.4, 0.5) is 11.4 Å². The minimum Gasteiger partial charge on any atom is -0.482 e. The Morgan fingerprint density at radius 3 is 2.23 bits per heavy atom. The van der Waals surface area contributed by atoms with Gasteiger partial charge in [0.2, 0.25) is 16.1 Å². The molecule has 8 nitrogen and oxygen atoms in total. The largest absolute Gasteiger partial charge is 0.482 e. The number of amides is 1. The molecule has 0 unspecified atom stereocenters. The summed E-state index contributed by atoms with van der Waals surface area (Å²) in [6.45, 7) is 6.06. The van der Waals surface area contributed by atoms with E-state index in [1.807, 2.05) is 20.2 Å². The second kappa shape index (κ2) is 9.15. The molecule has 0 bridgehead atoms. The first-order valence-corrected chi connectivity index (χ1v) is 11.7. The predicted octanol–water partition coefficient (Wildman–Crippen LogP) is 2.95. The number of sulfonamides is 1. The number of nitrogens with one attached hydrogen (secondary N) is 1. The molecular weight excluding hydrogens is 418 g/mol. The van der Waals surface area contributed by atoms with Gasteiger partial charge >= 0.3 is 0 Å². The lowest BCUT2D eigenvalue weighted by atomic mass is 10.1. The van der Waals surface area contributed by atoms with E-state index in [0.717, 1.165) is 0 Å². The van der Waals surface area contributed by atoms with Gasteiger partial charge in [-0.2, -0.15) is 4.31 Å². The number of benzene rings is 2. The second-order valence-corrected chi connectivity index (χ2v) is 9.40. The summed E-state index contributed by atoms with van der Waals surface area (Å²) in [6.07, 6.45) is -1.40. The van der Waals surface area contributed by atoms with Crippen LogP contribution in [0.1, 0.15) is 20.8 Å². The Balaban J connectivity index is 1.92. The van der Waals surface area contributed by atoms with Crippen LogP contribution in [0.2, 0.25) is 0 Å². The molecule has 0 radical (unpaired) electrons. The van der Waals surface area contributed by atoms with Gasteiger partial charge in [-0.05, 0) is 37.3 Å². The summed E-state index contributed by atoms with van der Waals surface area (Å²) in [4.78, 5) is 15.0. The van der Waals surface area contributed by atoms with Crippen LogP contribution < -0.4 is 19.7 Å². The molecule has 0 saturated heterocycles. The summed E-state index contributed by atoms with van der Waals surface area (Å²) in [6, 6.07) is 11.9. The minimum atomic E-state index is -3.67. The number of carbonyl (C=O) groups excluding carboxylic acids is 1. The zero-order chi connectivity index (χ0) is 22.8. The number of ether oxygens (including phenoxy) is 2. The highest BCUT2D eigenvalue weighted by Crippen LogP contribution is 2.34. The summed E-state index contributed by atoms with van der Waals surface area (Å²) in [5.74, 6) is 0.661. The highest BCUT2D eigenvalue weighted by atomic mass is 32.2. The van der Waals surface area contributed by atoms with Crippen LogP contribution in [0.5, 0.6) is 11.5 Å². The number of para-hydroxylation sites is 2. The molecule has 0 spiro atoms. The van der Waals surface area contributed by atoms with E-state index in [2.05, 4.69) is 5.32 Å². The Bertz CT molecular complexity index is 1050. The van der Waals surface area contributed by atoms with Crippen molar-refractivity contribution in [2.24, 2.45) is 0 Å². The molecule has 0 aromatic heterocycles. The fraction of sp³-hybridized carbons (Fsp3) is 0.409. The quantitative estimate of drug-likeness (QED) is 0.702. The lowest BCUT2D eigenvalue weighted by molar-refractivity contribution is -0.128. The SMILES string of the molecule is CCN(CC)S(=O)(=O)c1ccc(N(C)C)c(NC(=O)[C@H]2Oc3ccccc3O[C@@H]2C)c1. The van der Waals surface area contributed by atoms with E-state index in [4.69, 9.17) is 9.47 Å². The summed E-state index contributed by atoms with van der Waals surface area (Å²) in [5.41, 5.74) is 1.06. The van der Waals surface area contributed by atoms with Gasteiger partial charge in [0.05, 0.1) is 16.3 Å². The number of hydrogen-bond acceptors (Lipinski definition) is 6. The highest BCUT2D eigenvalue weighted by molar-refractivity contribution is 7.89. The van der Waals surface area contributed by atoms with Crippen LogP contribution in [0.3, 0.4) is 0 Å². The standard InChI is InChI=1S/C22H29N3O5S/c1-6-25(7-2)31(27,28)16-12-13-18(24(4)5)17(14-16)23-22(26)21-15(3)29-19-10-8-9-11-20(19)30-21/h8-15,21H,6-7H2,1-5H3,(H,23,26)/t15-,21+/m1/s1. The van der Waals surface area contributed by atoms with Crippen LogP contribution in [0.15, 0.2) is 47.4 Å². The monoisotopic (exact) mass is 447 g/mol. The van der Waals surface area contributed by atoms with Gasteiger partial charge in [-0.15, -0.1) is 0 Å². The molecule has 1 aliphatic heterocycles. The number of hydrogen-bond donors (Lipinski definition) is 1. The Kier molecular flexibility index (Phi) is 6.76. The average Bonchev–Trinajstić information content (AvgIpc) is 2.73. The fourth-order valence-corrected chi connectivity index (χ4v) is 4.97. The van der Waals surface area contributed by atoms with E-state index in [9.17, 15) is 13.2 Å². The second-order valence-electron chi connectivity index (χ2n) is 7.46. The van der Waals surface area contributed by atoms with E-state index in [-0.39, 0.29) is 4.90 Å². The highest BCUT2D eigenvalue weighted by Gasteiger charge is 2.34. The van der Waals surface area contributed by atoms with Crippen molar-refractivity contribution >= 4 is 27.3 Å². The van der Waals surface area contributed by atoms with E-state index >= 15 is 0 Å². The van der Waals surface area contributed by atoms with Gasteiger partial charge in [-0.3, -0.25) is 4.79 Å². The van der Waals surface area contributed by atoms with Crippen molar-refractivity contribution in [1.29, 1.82) is 0 Å². The van der Waals surface area contributed by atoms with Gasteiger partial charge in [-0.25, -0.2) is 8.42 Å². The normalized spacial score (nSPS) is 18.0. The molecule has 2 aromatic carbocycles. The molecule has 1 aliphatic rings. The van der Waals surface area contributed by atoms with Crippen molar-refractivity contribution in [1.82, 2.24) is 4.31 Å². The number of rotatable bonds is 7. The molecule has 0 saturated carbocycles. The molecule has 1 N–H and O–H groups in total. The predicted molar refractivity (Wildman–Crippen MR) is 120 cm³/mol.